The molecule has 13 nitrogen and oxygen atoms in total. The lowest BCUT2D eigenvalue weighted by Crippen LogP contribution is -2.46. The van der Waals surface area contributed by atoms with Gasteiger partial charge in [-0.25, -0.2) is 13.4 Å². The number of hydroxylamine groups is 2. The highest BCUT2D eigenvalue weighted by Gasteiger charge is 2.37. The fourth-order valence-corrected chi connectivity index (χ4v) is 4.17. The fourth-order valence-electron chi connectivity index (χ4n) is 2.78. The van der Waals surface area contributed by atoms with Gasteiger partial charge in [0, 0.05) is 31.8 Å². The number of likely N-dealkylation sites (N-methyl/N-ethyl adjacent to an activating group) is 1. The third-order valence-corrected chi connectivity index (χ3v) is 6.47. The quantitative estimate of drug-likeness (QED) is 0.205. The van der Waals surface area contributed by atoms with E-state index in [4.69, 9.17) is 20.6 Å². The number of hydrogen-bond acceptors (Lipinski definition) is 11. The van der Waals surface area contributed by atoms with Gasteiger partial charge in [-0.05, 0) is 24.3 Å². The van der Waals surface area contributed by atoms with Gasteiger partial charge in [-0.2, -0.15) is 0 Å². The van der Waals surface area contributed by atoms with Gasteiger partial charge in [-0.1, -0.05) is 30.3 Å². The van der Waals surface area contributed by atoms with Crippen LogP contribution in [0.4, 0.5) is 5.82 Å². The Morgan fingerprint density at radius 2 is 1.79 bits per heavy atom. The predicted octanol–water partition coefficient (Wildman–Crippen LogP) is 0.286. The molecule has 0 spiro atoms. The lowest BCUT2D eigenvalue weighted by molar-refractivity contribution is -0.307. The summed E-state index contributed by atoms with van der Waals surface area (Å²) in [5, 5.41) is 49.3. The summed E-state index contributed by atoms with van der Waals surface area (Å²) in [6.07, 6.45) is 1.62. The van der Waals surface area contributed by atoms with E-state index in [1.807, 2.05) is 0 Å². The first-order valence-corrected chi connectivity index (χ1v) is 11.4. The Kier molecular flexibility index (Phi) is 9.06. The Morgan fingerprint density at radius 3 is 2.38 bits per heavy atom. The van der Waals surface area contributed by atoms with Crippen molar-refractivity contribution in [2.75, 3.05) is 25.5 Å². The Hall–Kier alpha value is -3.11. The number of rotatable bonds is 7. The van der Waals surface area contributed by atoms with E-state index in [1.54, 1.807) is 37.3 Å². The van der Waals surface area contributed by atoms with Gasteiger partial charge in [0.15, 0.2) is 11.5 Å². The number of anilines is 1. The maximum atomic E-state index is 12.5. The number of benzene rings is 1. The molecule has 2 heterocycles. The minimum Gasteiger partial charge on any atom is -0.505 e. The van der Waals surface area contributed by atoms with E-state index in [-0.39, 0.29) is 46.7 Å². The van der Waals surface area contributed by atoms with Gasteiger partial charge < -0.3 is 20.6 Å². The molecule has 0 unspecified atom stereocenters. The van der Waals surface area contributed by atoms with E-state index in [2.05, 4.69) is 15.6 Å². The molecule has 0 atom stereocenters. The van der Waals surface area contributed by atoms with Crippen LogP contribution >= 0.6 is 0 Å². The number of aromatic nitrogens is 1. The first-order valence-electron chi connectivity index (χ1n) is 9.99. The molecule has 186 valence electrons. The van der Waals surface area contributed by atoms with Crippen LogP contribution in [0.1, 0.15) is 18.9 Å². The van der Waals surface area contributed by atoms with Crippen molar-refractivity contribution in [2.24, 2.45) is 0 Å². The number of aliphatic hydroxyl groups is 3. The van der Waals surface area contributed by atoms with Gasteiger partial charge in [-0.3, -0.25) is 24.8 Å². The van der Waals surface area contributed by atoms with Crippen LogP contribution in [0.15, 0.2) is 59.3 Å². The summed E-state index contributed by atoms with van der Waals surface area (Å²) < 4.78 is 25.8. The van der Waals surface area contributed by atoms with E-state index in [9.17, 15) is 18.3 Å². The number of fused-ring (bicyclic) bond motifs is 1. The van der Waals surface area contributed by atoms with Crippen LogP contribution in [0.5, 0.6) is 0 Å². The summed E-state index contributed by atoms with van der Waals surface area (Å²) in [6, 6.07) is 10.9. The fraction of sp³-hybridized carbons (Fsp3) is 0.300. The Labute approximate surface area is 196 Å². The summed E-state index contributed by atoms with van der Waals surface area (Å²) >= 11 is 0. The van der Waals surface area contributed by atoms with E-state index in [0.717, 1.165) is 4.31 Å². The Balaban J connectivity index is 0.000000316. The molecule has 1 aliphatic rings. The topological polar surface area (TPSA) is 196 Å². The van der Waals surface area contributed by atoms with E-state index in [1.165, 1.54) is 25.4 Å². The molecule has 0 fully saturated rings. The number of pyridine rings is 1. The third kappa shape index (κ3) is 6.71. The van der Waals surface area contributed by atoms with Crippen molar-refractivity contribution in [2.45, 2.75) is 24.2 Å². The second kappa shape index (κ2) is 11.3. The molecule has 34 heavy (non-hydrogen) atoms. The van der Waals surface area contributed by atoms with Crippen molar-refractivity contribution < 1.29 is 38.9 Å². The van der Waals surface area contributed by atoms with Gasteiger partial charge in [0.1, 0.15) is 5.82 Å². The maximum Gasteiger partial charge on any atom is 0.277 e. The molecule has 14 heteroatoms. The number of nitrogens with zero attached hydrogens (tertiary/aromatic N) is 3. The largest absolute Gasteiger partial charge is 0.505 e. The molecule has 3 rings (SSSR count). The van der Waals surface area contributed by atoms with Crippen LogP contribution in [-0.2, 0) is 14.8 Å². The average Bonchev–Trinajstić information content (AvgIpc) is 2.79. The zero-order valence-electron chi connectivity index (χ0n) is 18.5. The van der Waals surface area contributed by atoms with E-state index >= 15 is 0 Å². The monoisotopic (exact) mass is 497 g/mol. The minimum atomic E-state index is -3.91. The van der Waals surface area contributed by atoms with Crippen LogP contribution in [0.2, 0.25) is 0 Å². The minimum absolute atomic E-state index is 0.0290. The van der Waals surface area contributed by atoms with Gasteiger partial charge in [-0.15, -0.1) is 0 Å². The van der Waals surface area contributed by atoms with Crippen LogP contribution < -0.4 is 10.6 Å². The second-order valence-corrected chi connectivity index (χ2v) is 8.97. The van der Waals surface area contributed by atoms with Crippen LogP contribution in [-0.4, -0.2) is 80.6 Å². The number of carbonyl (C=O) groups excluding carboxylic acids is 1. The number of carbonyl (C=O) groups is 1. The van der Waals surface area contributed by atoms with Crippen molar-refractivity contribution >= 4 is 27.5 Å². The number of sulfonamides is 1. The number of amides is 1. The van der Waals surface area contributed by atoms with Crippen molar-refractivity contribution in [3.05, 3.63) is 59.9 Å². The summed E-state index contributed by atoms with van der Waals surface area (Å²) in [6.45, 7) is 1.57. The molecular weight excluding hydrogens is 470 g/mol. The molecule has 1 amide bonds. The van der Waals surface area contributed by atoms with Crippen molar-refractivity contribution in [1.29, 1.82) is 0 Å². The summed E-state index contributed by atoms with van der Waals surface area (Å²) in [4.78, 5) is 16.3. The standard InChI is InChI=1S/C15H13N3O4S.C5H14N2O4/c1-18-13(15(20)17-12-8-4-5-9-16-12)14(19)10-6-2-3-7-11(10)23(18,21)22;1-2-5(8,9)6-3-4-7(10)11/h2-9,19H,1H3,(H,16,17,20);6,8-11H,2-4H2,1H3. The molecule has 0 radical (unpaired) electrons. The van der Waals surface area contributed by atoms with Gasteiger partial charge in [0.05, 0.1) is 11.4 Å². The molecule has 1 aromatic carbocycles. The average molecular weight is 498 g/mol. The molecule has 0 bridgehead atoms. The first kappa shape index (κ1) is 27.1. The summed E-state index contributed by atoms with van der Waals surface area (Å²) in [5.74, 6) is -2.83. The molecule has 0 saturated carbocycles. The molecule has 2 aromatic rings. The van der Waals surface area contributed by atoms with E-state index in [0.29, 0.717) is 0 Å². The zero-order valence-corrected chi connectivity index (χ0v) is 19.3. The summed E-state index contributed by atoms with van der Waals surface area (Å²) in [5.41, 5.74) is -0.258. The van der Waals surface area contributed by atoms with Crippen LogP contribution in [0.25, 0.3) is 5.76 Å². The van der Waals surface area contributed by atoms with Gasteiger partial charge >= 0.3 is 0 Å². The normalized spacial score (nSPS) is 14.9. The first-order chi connectivity index (χ1) is 15.9. The lowest BCUT2D eigenvalue weighted by atomic mass is 10.1. The number of hydrogen-bond donors (Lipinski definition) is 7. The number of aliphatic hydroxyl groups excluding tert-OH is 1. The molecule has 1 aliphatic heterocycles. The van der Waals surface area contributed by atoms with Crippen LogP contribution in [0, 0.1) is 0 Å². The highest BCUT2D eigenvalue weighted by Crippen LogP contribution is 2.34. The molecule has 1 aromatic heterocycles. The van der Waals surface area contributed by atoms with Crippen molar-refractivity contribution in [3.8, 4) is 0 Å². The Morgan fingerprint density at radius 1 is 1.15 bits per heavy atom. The molecule has 7 N–H and O–H groups in total. The maximum absolute atomic E-state index is 12.5. The van der Waals surface area contributed by atoms with Gasteiger partial charge in [0.25, 0.3) is 15.9 Å². The second-order valence-electron chi connectivity index (χ2n) is 7.03. The molecule has 0 aliphatic carbocycles. The van der Waals surface area contributed by atoms with Crippen molar-refractivity contribution in [1.82, 2.24) is 19.8 Å². The van der Waals surface area contributed by atoms with Crippen LogP contribution in [0.3, 0.4) is 0 Å². The summed E-state index contributed by atoms with van der Waals surface area (Å²) in [7, 11) is -2.69. The predicted molar refractivity (Wildman–Crippen MR) is 120 cm³/mol. The third-order valence-electron chi connectivity index (χ3n) is 4.65. The number of nitrogens with one attached hydrogen (secondary N) is 2. The van der Waals surface area contributed by atoms with Crippen molar-refractivity contribution in [3.63, 3.8) is 0 Å². The Bertz CT molecular complexity index is 1120. The van der Waals surface area contributed by atoms with Gasteiger partial charge in [0.2, 0.25) is 5.91 Å². The highest BCUT2D eigenvalue weighted by atomic mass is 32.2. The highest BCUT2D eigenvalue weighted by molar-refractivity contribution is 7.89. The SMILES string of the molecule is CCC(O)(O)NCCN(O)O.CN1C(C(=O)Nc2ccccn2)=C(O)c2ccccc2S1(=O)=O. The molecule has 0 saturated heterocycles. The van der Waals surface area contributed by atoms with E-state index < -0.39 is 27.6 Å². The smallest absolute Gasteiger partial charge is 0.277 e. The zero-order chi connectivity index (χ0) is 25.5. The lowest BCUT2D eigenvalue weighted by Gasteiger charge is -2.28. The molecular formula is C20H27N5O8S.